The van der Waals surface area contributed by atoms with Crippen molar-refractivity contribution in [2.45, 2.75) is 37.8 Å². The molecule has 2 atom stereocenters. The van der Waals surface area contributed by atoms with Crippen LogP contribution >= 0.6 is 0 Å². The monoisotopic (exact) mass is 548 g/mol. The Morgan fingerprint density at radius 1 is 0.878 bits per heavy atom. The minimum Gasteiger partial charge on any atom is -0.486 e. The molecule has 0 aliphatic carbocycles. The lowest BCUT2D eigenvalue weighted by Gasteiger charge is -2.26. The highest BCUT2D eigenvalue weighted by Gasteiger charge is 2.24. The number of carbonyl (C=O) groups excluding carboxylic acids is 1. The number of fused-ring (bicyclic) bond motifs is 2. The third-order valence-electron chi connectivity index (χ3n) is 7.68. The first-order chi connectivity index (χ1) is 20.1. The Bertz CT molecular complexity index is 1610. The minimum absolute atomic E-state index is 0.0128. The van der Waals surface area contributed by atoms with E-state index in [9.17, 15) is 9.18 Å². The molecule has 41 heavy (non-hydrogen) atoms. The predicted molar refractivity (Wildman–Crippen MR) is 159 cm³/mol. The van der Waals surface area contributed by atoms with Crippen LogP contribution in [0.25, 0.3) is 10.9 Å². The lowest BCUT2D eigenvalue weighted by Crippen LogP contribution is -2.41. The largest absolute Gasteiger partial charge is 0.486 e. The molecular weight excluding hydrogens is 515 g/mol. The van der Waals surface area contributed by atoms with E-state index >= 15 is 0 Å². The second-order valence-corrected chi connectivity index (χ2v) is 10.6. The summed E-state index contributed by atoms with van der Waals surface area (Å²) in [6.07, 6.45) is 3.99. The normalized spacial score (nSPS) is 15.0. The number of aryl methyl sites for hydroxylation is 1. The number of halogens is 1. The molecule has 0 fully saturated rings. The van der Waals surface area contributed by atoms with Crippen LogP contribution in [0.3, 0.4) is 0 Å². The number of nitrogens with zero attached hydrogens (tertiary/aromatic N) is 1. The summed E-state index contributed by atoms with van der Waals surface area (Å²) in [6.45, 7) is 1.40. The third kappa shape index (κ3) is 6.43. The first-order valence-electron chi connectivity index (χ1n) is 14.1. The van der Waals surface area contributed by atoms with E-state index in [1.54, 1.807) is 0 Å². The average molecular weight is 549 g/mol. The van der Waals surface area contributed by atoms with Gasteiger partial charge in [-0.25, -0.2) is 4.39 Å². The second kappa shape index (κ2) is 12.3. The molecule has 4 aromatic carbocycles. The van der Waals surface area contributed by atoms with Crippen LogP contribution in [0, 0.1) is 5.82 Å². The van der Waals surface area contributed by atoms with Crippen molar-refractivity contribution in [2.24, 2.45) is 0 Å². The first-order valence-corrected chi connectivity index (χ1v) is 14.1. The van der Waals surface area contributed by atoms with Crippen LogP contribution in [0.2, 0.25) is 0 Å². The van der Waals surface area contributed by atoms with E-state index in [0.29, 0.717) is 31.9 Å². The van der Waals surface area contributed by atoms with Crippen molar-refractivity contribution in [3.8, 4) is 11.5 Å². The number of carbonyl (C=O) groups is 1. The molecule has 208 valence electrons. The maximum atomic E-state index is 13.5. The molecule has 0 spiro atoms. The molecule has 2 heterocycles. The molecule has 1 aromatic heterocycles. The Balaban J connectivity index is 1.21. The highest BCUT2D eigenvalue weighted by molar-refractivity contribution is 5.86. The Kier molecular flexibility index (Phi) is 7.99. The summed E-state index contributed by atoms with van der Waals surface area (Å²) in [6, 6.07) is 32.9. The van der Waals surface area contributed by atoms with E-state index in [4.69, 9.17) is 9.47 Å². The van der Waals surface area contributed by atoms with Gasteiger partial charge in [-0.3, -0.25) is 4.79 Å². The van der Waals surface area contributed by atoms with Gasteiger partial charge in [-0.1, -0.05) is 72.8 Å². The van der Waals surface area contributed by atoms with Gasteiger partial charge < -0.3 is 19.4 Å². The van der Waals surface area contributed by atoms with E-state index in [1.165, 1.54) is 17.7 Å². The summed E-state index contributed by atoms with van der Waals surface area (Å²) >= 11 is 0. The van der Waals surface area contributed by atoms with Gasteiger partial charge in [0.05, 0.1) is 6.54 Å². The number of ether oxygens (including phenoxy) is 2. The van der Waals surface area contributed by atoms with Gasteiger partial charge in [0.2, 0.25) is 5.91 Å². The molecule has 0 radical (unpaired) electrons. The zero-order chi connectivity index (χ0) is 28.0. The number of aromatic nitrogens is 1. The van der Waals surface area contributed by atoms with Gasteiger partial charge in [0, 0.05) is 30.1 Å². The zero-order valence-electron chi connectivity index (χ0n) is 22.8. The van der Waals surface area contributed by atoms with E-state index in [1.807, 2.05) is 54.6 Å². The predicted octanol–water partition coefficient (Wildman–Crippen LogP) is 6.89. The van der Waals surface area contributed by atoms with Crippen LogP contribution in [0.15, 0.2) is 109 Å². The zero-order valence-corrected chi connectivity index (χ0v) is 22.8. The maximum absolute atomic E-state index is 13.5. The van der Waals surface area contributed by atoms with Crippen LogP contribution in [0.1, 0.15) is 35.4 Å². The van der Waals surface area contributed by atoms with Gasteiger partial charge in [0.15, 0.2) is 11.5 Å². The summed E-state index contributed by atoms with van der Waals surface area (Å²) in [7, 11) is 0. The summed E-state index contributed by atoms with van der Waals surface area (Å²) in [5.74, 6) is 1.19. The number of nitrogens with one attached hydrogen (secondary N) is 1. The van der Waals surface area contributed by atoms with Crippen molar-refractivity contribution in [3.05, 3.63) is 132 Å². The Morgan fingerprint density at radius 2 is 1.61 bits per heavy atom. The van der Waals surface area contributed by atoms with Gasteiger partial charge >= 0.3 is 0 Å². The fourth-order valence-corrected chi connectivity index (χ4v) is 5.56. The van der Waals surface area contributed by atoms with E-state index in [2.05, 4.69) is 52.5 Å². The molecular formula is C35H33FN2O3. The lowest BCUT2D eigenvalue weighted by atomic mass is 9.89. The number of hydrogen-bond acceptors (Lipinski definition) is 3. The lowest BCUT2D eigenvalue weighted by molar-refractivity contribution is -0.122. The fraction of sp³-hybridized carbons (Fsp3) is 0.229. The molecule has 1 aliphatic heterocycles. The highest BCUT2D eigenvalue weighted by Crippen LogP contribution is 2.34. The van der Waals surface area contributed by atoms with Crippen LogP contribution < -0.4 is 14.8 Å². The van der Waals surface area contributed by atoms with Gasteiger partial charge in [-0.05, 0) is 65.8 Å². The van der Waals surface area contributed by atoms with Gasteiger partial charge in [0.25, 0.3) is 0 Å². The topological polar surface area (TPSA) is 52.5 Å². The van der Waals surface area contributed by atoms with Crippen LogP contribution in [0.4, 0.5) is 4.39 Å². The summed E-state index contributed by atoms with van der Waals surface area (Å²) in [4.78, 5) is 13.3. The van der Waals surface area contributed by atoms with Crippen molar-refractivity contribution < 1.29 is 18.7 Å². The van der Waals surface area contributed by atoms with Crippen LogP contribution in [-0.4, -0.2) is 29.7 Å². The number of rotatable bonds is 10. The smallest absolute Gasteiger partial charge is 0.220 e. The summed E-state index contributed by atoms with van der Waals surface area (Å²) in [5, 5.41) is 4.24. The standard InChI is InChI=1S/C35H33FN2O3/c36-28-18-15-26(16-19-28)22-38-23-31(30-10-4-5-11-32(30)38)27(17-14-25-8-2-1-3-9-25)20-35(39)37-21-29-24-40-33-12-6-7-13-34(33)41-29/h1-13,15-16,18-19,23,27,29H,14,17,20-22,24H2,(H,37,39)/t27-,29-/m0/s1. The average Bonchev–Trinajstić information content (AvgIpc) is 3.38. The fourth-order valence-electron chi connectivity index (χ4n) is 5.56. The minimum atomic E-state index is -0.242. The molecule has 6 heteroatoms. The van der Waals surface area contributed by atoms with Crippen molar-refractivity contribution in [1.29, 1.82) is 0 Å². The molecule has 0 saturated carbocycles. The number of para-hydroxylation sites is 3. The first kappa shape index (κ1) is 26.6. The Hall–Kier alpha value is -4.58. The maximum Gasteiger partial charge on any atom is 0.220 e. The number of benzene rings is 4. The van der Waals surface area contributed by atoms with Gasteiger partial charge in [-0.2, -0.15) is 0 Å². The number of hydrogen-bond donors (Lipinski definition) is 1. The van der Waals surface area contributed by atoms with E-state index in [0.717, 1.165) is 40.6 Å². The van der Waals surface area contributed by atoms with Crippen LogP contribution in [0.5, 0.6) is 11.5 Å². The molecule has 5 aromatic rings. The highest BCUT2D eigenvalue weighted by atomic mass is 19.1. The molecule has 0 bridgehead atoms. The van der Waals surface area contributed by atoms with Gasteiger partial charge in [0.1, 0.15) is 18.5 Å². The molecule has 1 amide bonds. The SMILES string of the molecule is O=C(C[C@H](CCc1ccccc1)c1cn(Cc2ccc(F)cc2)c2ccccc12)NC[C@H]1COc2ccccc2O1. The Labute approximate surface area is 239 Å². The van der Waals surface area contributed by atoms with Crippen molar-refractivity contribution in [3.63, 3.8) is 0 Å². The molecule has 5 nitrogen and oxygen atoms in total. The Morgan fingerprint density at radius 3 is 2.44 bits per heavy atom. The molecule has 0 unspecified atom stereocenters. The third-order valence-corrected chi connectivity index (χ3v) is 7.68. The second-order valence-electron chi connectivity index (χ2n) is 10.6. The van der Waals surface area contributed by atoms with E-state index in [-0.39, 0.29) is 23.7 Å². The summed E-state index contributed by atoms with van der Waals surface area (Å²) < 4.78 is 27.6. The molecule has 1 N–H and O–H groups in total. The van der Waals surface area contributed by atoms with Gasteiger partial charge in [-0.15, -0.1) is 0 Å². The number of amides is 1. The quantitative estimate of drug-likeness (QED) is 0.207. The van der Waals surface area contributed by atoms with Crippen molar-refractivity contribution in [1.82, 2.24) is 9.88 Å². The summed E-state index contributed by atoms with van der Waals surface area (Å²) in [5.41, 5.74) is 4.52. The molecule has 1 aliphatic rings. The van der Waals surface area contributed by atoms with Crippen molar-refractivity contribution in [2.75, 3.05) is 13.2 Å². The molecule has 0 saturated heterocycles. The van der Waals surface area contributed by atoms with Crippen LogP contribution in [-0.2, 0) is 17.8 Å². The molecule has 6 rings (SSSR count). The van der Waals surface area contributed by atoms with Crippen molar-refractivity contribution >= 4 is 16.8 Å². The van der Waals surface area contributed by atoms with E-state index < -0.39 is 0 Å².